The summed E-state index contributed by atoms with van der Waals surface area (Å²) >= 11 is 0. The van der Waals surface area contributed by atoms with Crippen LogP contribution in [-0.2, 0) is 0 Å². The van der Waals surface area contributed by atoms with Crippen LogP contribution in [0.4, 0.5) is 4.39 Å². The lowest BCUT2D eigenvalue weighted by molar-refractivity contribution is 0.624. The second-order valence-corrected chi connectivity index (χ2v) is 2.79. The van der Waals surface area contributed by atoms with E-state index in [1.807, 2.05) is 13.0 Å². The van der Waals surface area contributed by atoms with E-state index >= 15 is 0 Å². The van der Waals surface area contributed by atoms with Crippen LogP contribution in [-0.4, -0.2) is 0 Å². The third kappa shape index (κ3) is 1.82. The average Bonchev–Trinajstić information content (AvgIpc) is 2.03. The summed E-state index contributed by atoms with van der Waals surface area (Å²) in [5, 5.41) is 8.53. The molecule has 0 spiro atoms. The highest BCUT2D eigenvalue weighted by Gasteiger charge is 2.03. The van der Waals surface area contributed by atoms with E-state index in [1.54, 1.807) is 6.07 Å². The summed E-state index contributed by atoms with van der Waals surface area (Å²) in [6, 6.07) is 6.16. The number of nitriles is 1. The Balaban J connectivity index is 3.17. The van der Waals surface area contributed by atoms with Crippen molar-refractivity contribution >= 4 is 0 Å². The molecule has 0 N–H and O–H groups in total. The van der Waals surface area contributed by atoms with Gasteiger partial charge in [0.1, 0.15) is 5.82 Å². The first-order chi connectivity index (χ1) is 5.63. The molecule has 2 heteroatoms. The van der Waals surface area contributed by atoms with Crippen molar-refractivity contribution in [1.29, 1.82) is 5.26 Å². The lowest BCUT2D eigenvalue weighted by Gasteiger charge is -2.04. The third-order valence-corrected chi connectivity index (χ3v) is 1.62. The van der Waals surface area contributed by atoms with E-state index in [0.717, 1.165) is 5.56 Å². The van der Waals surface area contributed by atoms with Crippen molar-refractivity contribution in [3.05, 3.63) is 42.1 Å². The first-order valence-electron chi connectivity index (χ1n) is 3.67. The van der Waals surface area contributed by atoms with Crippen LogP contribution in [0.2, 0.25) is 0 Å². The summed E-state index contributed by atoms with van der Waals surface area (Å²) in [5.74, 6) is -0.368. The van der Waals surface area contributed by atoms with Gasteiger partial charge < -0.3 is 0 Å². The van der Waals surface area contributed by atoms with Crippen molar-refractivity contribution in [2.24, 2.45) is 0 Å². The number of benzene rings is 1. The van der Waals surface area contributed by atoms with E-state index in [2.05, 4.69) is 6.92 Å². The van der Waals surface area contributed by atoms with Gasteiger partial charge >= 0.3 is 0 Å². The molecule has 0 aliphatic heterocycles. The van der Waals surface area contributed by atoms with Gasteiger partial charge in [-0.25, -0.2) is 4.39 Å². The molecule has 61 valence electrons. The van der Waals surface area contributed by atoms with Crippen molar-refractivity contribution in [2.75, 3.05) is 0 Å². The predicted molar refractivity (Wildman–Crippen MR) is 44.9 cm³/mol. The van der Waals surface area contributed by atoms with E-state index in [0.29, 0.717) is 5.56 Å². The summed E-state index contributed by atoms with van der Waals surface area (Å²) in [7, 11) is 0. The molecule has 1 aromatic rings. The lowest BCUT2D eigenvalue weighted by Crippen LogP contribution is -1.90. The highest BCUT2D eigenvalue weighted by atomic mass is 19.1. The van der Waals surface area contributed by atoms with Gasteiger partial charge in [-0.2, -0.15) is 5.26 Å². The van der Waals surface area contributed by atoms with Crippen molar-refractivity contribution < 1.29 is 4.39 Å². The van der Waals surface area contributed by atoms with Crippen molar-refractivity contribution in [3.63, 3.8) is 0 Å². The zero-order valence-corrected chi connectivity index (χ0v) is 6.84. The van der Waals surface area contributed by atoms with E-state index in [1.165, 1.54) is 12.1 Å². The molecular formula is C10H9FN. The molecule has 1 radical (unpaired) electrons. The second-order valence-electron chi connectivity index (χ2n) is 2.79. The second kappa shape index (κ2) is 3.36. The van der Waals surface area contributed by atoms with Crippen molar-refractivity contribution in [3.8, 4) is 6.07 Å². The van der Waals surface area contributed by atoms with Gasteiger partial charge in [-0.1, -0.05) is 6.92 Å². The standard InChI is InChI=1S/C10H9FN/c1-7(2)9-3-8(6-12)4-10(11)5-9/h3-5,7H,1H2,2H3. The highest BCUT2D eigenvalue weighted by molar-refractivity contribution is 5.35. The van der Waals surface area contributed by atoms with Crippen LogP contribution in [0.3, 0.4) is 0 Å². The van der Waals surface area contributed by atoms with E-state index < -0.39 is 0 Å². The summed E-state index contributed by atoms with van der Waals surface area (Å²) < 4.78 is 12.8. The summed E-state index contributed by atoms with van der Waals surface area (Å²) in [6.45, 7) is 5.61. The fraction of sp³-hybridized carbons (Fsp3) is 0.200. The van der Waals surface area contributed by atoms with Gasteiger partial charge in [-0.3, -0.25) is 0 Å². The van der Waals surface area contributed by atoms with Gasteiger partial charge in [0.05, 0.1) is 11.6 Å². The van der Waals surface area contributed by atoms with Crippen LogP contribution < -0.4 is 0 Å². The molecule has 0 saturated heterocycles. The Morgan fingerprint density at radius 2 is 2.17 bits per heavy atom. The molecule has 0 aliphatic carbocycles. The van der Waals surface area contributed by atoms with Crippen LogP contribution >= 0.6 is 0 Å². The lowest BCUT2D eigenvalue weighted by atomic mass is 10.0. The van der Waals surface area contributed by atoms with Crippen molar-refractivity contribution in [2.45, 2.75) is 12.8 Å². The molecule has 0 bridgehead atoms. The average molecular weight is 162 g/mol. The van der Waals surface area contributed by atoms with E-state index in [4.69, 9.17) is 5.26 Å². The maximum atomic E-state index is 12.8. The zero-order valence-electron chi connectivity index (χ0n) is 6.84. The van der Waals surface area contributed by atoms with Crippen LogP contribution in [0.25, 0.3) is 0 Å². The van der Waals surface area contributed by atoms with Gasteiger partial charge in [0.25, 0.3) is 0 Å². The molecule has 0 aromatic heterocycles. The number of hydrogen-bond acceptors (Lipinski definition) is 1. The Morgan fingerprint density at radius 1 is 1.50 bits per heavy atom. The smallest absolute Gasteiger partial charge is 0.124 e. The number of rotatable bonds is 1. The molecule has 12 heavy (non-hydrogen) atoms. The Hall–Kier alpha value is -1.36. The molecule has 1 aromatic carbocycles. The van der Waals surface area contributed by atoms with Crippen molar-refractivity contribution in [1.82, 2.24) is 0 Å². The number of halogens is 1. The fourth-order valence-corrected chi connectivity index (χ4v) is 0.961. The topological polar surface area (TPSA) is 23.8 Å². The fourth-order valence-electron chi connectivity index (χ4n) is 0.961. The first-order valence-corrected chi connectivity index (χ1v) is 3.67. The molecule has 0 amide bonds. The minimum atomic E-state index is -0.375. The maximum Gasteiger partial charge on any atom is 0.124 e. The van der Waals surface area contributed by atoms with E-state index in [-0.39, 0.29) is 11.7 Å². The highest BCUT2D eigenvalue weighted by Crippen LogP contribution is 2.16. The Labute approximate surface area is 71.4 Å². The molecule has 0 aliphatic rings. The molecular weight excluding hydrogens is 153 g/mol. The monoisotopic (exact) mass is 162 g/mol. The zero-order chi connectivity index (χ0) is 9.14. The van der Waals surface area contributed by atoms with Gasteiger partial charge in [0, 0.05) is 0 Å². The van der Waals surface area contributed by atoms with Gasteiger partial charge in [0.2, 0.25) is 0 Å². The molecule has 1 unspecified atom stereocenters. The minimum Gasteiger partial charge on any atom is -0.207 e. The summed E-state index contributed by atoms with van der Waals surface area (Å²) in [6.07, 6.45) is 0. The van der Waals surface area contributed by atoms with Crippen LogP contribution in [0.1, 0.15) is 24.0 Å². The minimum absolute atomic E-state index is 0.00722. The molecule has 1 rings (SSSR count). The number of hydrogen-bond donors (Lipinski definition) is 0. The van der Waals surface area contributed by atoms with Crippen LogP contribution in [0, 0.1) is 24.1 Å². The quantitative estimate of drug-likeness (QED) is 0.622. The summed E-state index contributed by atoms with van der Waals surface area (Å²) in [5.41, 5.74) is 1.10. The largest absolute Gasteiger partial charge is 0.207 e. The molecule has 1 nitrogen and oxygen atoms in total. The van der Waals surface area contributed by atoms with Gasteiger partial charge in [0.15, 0.2) is 0 Å². The first kappa shape index (κ1) is 8.73. The van der Waals surface area contributed by atoms with Crippen LogP contribution in [0.15, 0.2) is 18.2 Å². The Kier molecular flexibility index (Phi) is 2.44. The Morgan fingerprint density at radius 3 is 2.67 bits per heavy atom. The molecule has 1 atom stereocenters. The van der Waals surface area contributed by atoms with E-state index in [9.17, 15) is 4.39 Å². The molecule has 0 saturated carbocycles. The molecule has 0 heterocycles. The summed E-state index contributed by atoms with van der Waals surface area (Å²) in [4.78, 5) is 0. The maximum absolute atomic E-state index is 12.8. The predicted octanol–water partition coefficient (Wildman–Crippen LogP) is 2.63. The third-order valence-electron chi connectivity index (χ3n) is 1.62. The number of nitrogens with zero attached hydrogens (tertiary/aromatic N) is 1. The van der Waals surface area contributed by atoms with Crippen LogP contribution in [0.5, 0.6) is 0 Å². The van der Waals surface area contributed by atoms with Gasteiger partial charge in [-0.05, 0) is 36.6 Å². The molecule has 0 fully saturated rings. The SMILES string of the molecule is [CH2]C(C)c1cc(F)cc(C#N)c1. The Bertz CT molecular complexity index is 323. The normalized spacial score (nSPS) is 9.92. The van der Waals surface area contributed by atoms with Gasteiger partial charge in [-0.15, -0.1) is 0 Å².